The van der Waals surface area contributed by atoms with Crippen molar-refractivity contribution in [2.24, 2.45) is 16.3 Å². The number of nitrogens with zero attached hydrogens (tertiary/aromatic N) is 3. The SMILES string of the molecule is CN(C)C(=O)CN=C(NCCCN1CCOCC1)NC1C2CCOC2C12CCC2.I. The first-order chi connectivity index (χ1) is 14.1. The van der Waals surface area contributed by atoms with Crippen molar-refractivity contribution in [2.45, 2.75) is 44.2 Å². The molecule has 30 heavy (non-hydrogen) atoms. The summed E-state index contributed by atoms with van der Waals surface area (Å²) in [6.07, 6.45) is 6.39. The summed E-state index contributed by atoms with van der Waals surface area (Å²) < 4.78 is 11.5. The molecule has 1 spiro atoms. The number of guanidine groups is 1. The number of amides is 1. The fourth-order valence-electron chi connectivity index (χ4n) is 5.38. The lowest BCUT2D eigenvalue weighted by Gasteiger charge is -2.63. The quantitative estimate of drug-likeness (QED) is 0.219. The van der Waals surface area contributed by atoms with Gasteiger partial charge in [-0.25, -0.2) is 4.99 Å². The van der Waals surface area contributed by atoms with Gasteiger partial charge in [-0.1, -0.05) is 6.42 Å². The van der Waals surface area contributed by atoms with Crippen molar-refractivity contribution in [3.05, 3.63) is 0 Å². The van der Waals surface area contributed by atoms with Crippen LogP contribution in [0.2, 0.25) is 0 Å². The zero-order chi connectivity index (χ0) is 20.3. The zero-order valence-electron chi connectivity index (χ0n) is 18.4. The number of morpholine rings is 1. The minimum absolute atomic E-state index is 0. The maximum absolute atomic E-state index is 12.1. The van der Waals surface area contributed by atoms with Gasteiger partial charge in [0.2, 0.25) is 5.91 Å². The number of aliphatic imine (C=N–C) groups is 1. The number of carbonyl (C=O) groups excluding carboxylic acids is 1. The summed E-state index contributed by atoms with van der Waals surface area (Å²) in [6.45, 7) is 6.68. The van der Waals surface area contributed by atoms with E-state index in [0.29, 0.717) is 23.5 Å². The van der Waals surface area contributed by atoms with Crippen LogP contribution in [0.15, 0.2) is 4.99 Å². The van der Waals surface area contributed by atoms with E-state index in [-0.39, 0.29) is 36.4 Å². The second-order valence-corrected chi connectivity index (χ2v) is 9.14. The van der Waals surface area contributed by atoms with E-state index in [0.717, 1.165) is 64.8 Å². The predicted octanol–water partition coefficient (Wildman–Crippen LogP) is 0.908. The van der Waals surface area contributed by atoms with Gasteiger partial charge in [0, 0.05) is 57.7 Å². The molecule has 0 aromatic heterocycles. The van der Waals surface area contributed by atoms with Crippen molar-refractivity contribution >= 4 is 35.8 Å². The standard InChI is InChI=1S/C21H37N5O3.HI/c1-25(2)17(27)15-23-20(22-8-4-9-26-10-13-28-14-11-26)24-18-16-5-12-29-19(16)21(18)6-3-7-21;/h16,18-19H,3-15H2,1-2H3,(H2,22,23,24);1H. The number of fused-ring (bicyclic) bond motifs is 2. The predicted molar refractivity (Wildman–Crippen MR) is 127 cm³/mol. The number of ether oxygens (including phenoxy) is 2. The monoisotopic (exact) mass is 535 g/mol. The van der Waals surface area contributed by atoms with Gasteiger partial charge in [-0.2, -0.15) is 0 Å². The van der Waals surface area contributed by atoms with Crippen molar-refractivity contribution in [3.8, 4) is 0 Å². The Kier molecular flexibility index (Phi) is 8.63. The van der Waals surface area contributed by atoms with Gasteiger partial charge in [0.1, 0.15) is 6.54 Å². The van der Waals surface area contributed by atoms with Crippen molar-refractivity contribution in [3.63, 3.8) is 0 Å². The van der Waals surface area contributed by atoms with E-state index in [9.17, 15) is 4.79 Å². The Bertz CT molecular complexity index is 607. The molecular weight excluding hydrogens is 497 g/mol. The lowest BCUT2D eigenvalue weighted by Crippen LogP contribution is -2.72. The summed E-state index contributed by atoms with van der Waals surface area (Å²) in [4.78, 5) is 20.7. The Labute approximate surface area is 197 Å². The van der Waals surface area contributed by atoms with E-state index in [4.69, 9.17) is 9.47 Å². The van der Waals surface area contributed by atoms with Gasteiger partial charge in [0.25, 0.3) is 0 Å². The Morgan fingerprint density at radius 3 is 2.67 bits per heavy atom. The molecule has 8 nitrogen and oxygen atoms in total. The van der Waals surface area contributed by atoms with E-state index >= 15 is 0 Å². The third-order valence-electron chi connectivity index (χ3n) is 7.25. The molecular formula is C21H38IN5O3. The van der Waals surface area contributed by atoms with Gasteiger partial charge in [-0.3, -0.25) is 9.69 Å². The first kappa shape index (κ1) is 24.0. The molecule has 2 saturated heterocycles. The molecule has 2 N–H and O–H groups in total. The Balaban J connectivity index is 0.00000256. The summed E-state index contributed by atoms with van der Waals surface area (Å²) in [5.74, 6) is 1.39. The number of nitrogens with one attached hydrogen (secondary N) is 2. The first-order valence-electron chi connectivity index (χ1n) is 11.3. The molecule has 2 saturated carbocycles. The molecule has 1 amide bonds. The average Bonchev–Trinajstić information content (AvgIpc) is 3.10. The topological polar surface area (TPSA) is 78.4 Å². The Hall–Kier alpha value is -0.650. The molecule has 3 unspecified atom stereocenters. The molecule has 2 aliphatic heterocycles. The van der Waals surface area contributed by atoms with E-state index in [1.165, 1.54) is 19.3 Å². The third kappa shape index (κ3) is 5.05. The minimum Gasteiger partial charge on any atom is -0.379 e. The molecule has 0 aromatic rings. The molecule has 172 valence electrons. The number of halogens is 1. The molecule has 9 heteroatoms. The largest absolute Gasteiger partial charge is 0.379 e. The van der Waals surface area contributed by atoms with E-state index < -0.39 is 0 Å². The summed E-state index contributed by atoms with van der Waals surface area (Å²) >= 11 is 0. The van der Waals surface area contributed by atoms with Crippen LogP contribution in [0.3, 0.4) is 0 Å². The highest BCUT2D eigenvalue weighted by molar-refractivity contribution is 14.0. The van der Waals surface area contributed by atoms with Crippen LogP contribution in [0, 0.1) is 11.3 Å². The van der Waals surface area contributed by atoms with Gasteiger partial charge in [-0.15, -0.1) is 24.0 Å². The molecule has 4 rings (SSSR count). The van der Waals surface area contributed by atoms with Gasteiger partial charge < -0.3 is 25.0 Å². The smallest absolute Gasteiger partial charge is 0.243 e. The van der Waals surface area contributed by atoms with E-state index in [2.05, 4.69) is 20.5 Å². The van der Waals surface area contributed by atoms with Gasteiger partial charge in [0.05, 0.1) is 19.3 Å². The van der Waals surface area contributed by atoms with Crippen LogP contribution >= 0.6 is 24.0 Å². The van der Waals surface area contributed by atoms with Crippen LogP contribution in [0.1, 0.15) is 32.1 Å². The molecule has 3 atom stereocenters. The van der Waals surface area contributed by atoms with Crippen molar-refractivity contribution in [2.75, 3.05) is 66.6 Å². The van der Waals surface area contributed by atoms with E-state index in [1.807, 2.05) is 0 Å². The van der Waals surface area contributed by atoms with Gasteiger partial charge >= 0.3 is 0 Å². The molecule has 4 fully saturated rings. The van der Waals surface area contributed by atoms with Crippen molar-refractivity contribution in [1.82, 2.24) is 20.4 Å². The third-order valence-corrected chi connectivity index (χ3v) is 7.25. The lowest BCUT2D eigenvalue weighted by atomic mass is 9.46. The summed E-state index contributed by atoms with van der Waals surface area (Å²) in [5, 5.41) is 7.19. The number of rotatable bonds is 7. The maximum atomic E-state index is 12.1. The second kappa shape index (κ2) is 10.8. The molecule has 2 aliphatic carbocycles. The summed E-state index contributed by atoms with van der Waals surface area (Å²) in [5.41, 5.74) is 0.295. The molecule has 2 heterocycles. The molecule has 0 radical (unpaired) electrons. The molecule has 4 aliphatic rings. The molecule has 0 aromatic carbocycles. The normalized spacial score (nSPS) is 29.9. The highest BCUT2D eigenvalue weighted by Gasteiger charge is 2.66. The Morgan fingerprint density at radius 1 is 1.23 bits per heavy atom. The number of hydrogen-bond acceptors (Lipinski definition) is 5. The summed E-state index contributed by atoms with van der Waals surface area (Å²) in [7, 11) is 3.55. The average molecular weight is 535 g/mol. The number of hydrogen-bond donors (Lipinski definition) is 2. The minimum atomic E-state index is 0. The van der Waals surface area contributed by atoms with Crippen LogP contribution in [0.25, 0.3) is 0 Å². The fourth-order valence-corrected chi connectivity index (χ4v) is 5.38. The zero-order valence-corrected chi connectivity index (χ0v) is 20.7. The van der Waals surface area contributed by atoms with Crippen molar-refractivity contribution in [1.29, 1.82) is 0 Å². The van der Waals surface area contributed by atoms with Crippen molar-refractivity contribution < 1.29 is 14.3 Å². The maximum Gasteiger partial charge on any atom is 0.243 e. The van der Waals surface area contributed by atoms with Gasteiger partial charge in [0.15, 0.2) is 5.96 Å². The first-order valence-corrected chi connectivity index (χ1v) is 11.3. The van der Waals surface area contributed by atoms with Crippen LogP contribution in [0.5, 0.6) is 0 Å². The second-order valence-electron chi connectivity index (χ2n) is 9.14. The molecule has 0 bridgehead atoms. The number of carbonyl (C=O) groups is 1. The van der Waals surface area contributed by atoms with Crippen LogP contribution in [0.4, 0.5) is 0 Å². The van der Waals surface area contributed by atoms with Crippen LogP contribution in [-0.4, -0.2) is 100 Å². The number of likely N-dealkylation sites (N-methyl/N-ethyl adjacent to an activating group) is 1. The highest BCUT2D eigenvalue weighted by atomic mass is 127. The van der Waals surface area contributed by atoms with E-state index in [1.54, 1.807) is 19.0 Å². The summed E-state index contributed by atoms with van der Waals surface area (Å²) in [6, 6.07) is 0.420. The Morgan fingerprint density at radius 2 is 2.00 bits per heavy atom. The highest BCUT2D eigenvalue weighted by Crippen LogP contribution is 2.62. The van der Waals surface area contributed by atoms with Gasteiger partial charge in [-0.05, 0) is 32.2 Å². The fraction of sp³-hybridized carbons (Fsp3) is 0.905. The van der Waals surface area contributed by atoms with Crippen LogP contribution in [-0.2, 0) is 14.3 Å². The van der Waals surface area contributed by atoms with Crippen LogP contribution < -0.4 is 10.6 Å². The lowest BCUT2D eigenvalue weighted by molar-refractivity contribution is -0.171.